The van der Waals surface area contributed by atoms with Crippen LogP contribution in [0.2, 0.25) is 0 Å². The third-order valence-electron chi connectivity index (χ3n) is 2.85. The highest BCUT2D eigenvalue weighted by Gasteiger charge is 2.11. The van der Waals surface area contributed by atoms with E-state index in [1.165, 1.54) is 18.2 Å². The molecule has 5 nitrogen and oxygen atoms in total. The topological polar surface area (TPSA) is 85.3 Å². The number of carbonyl (C=O) groups excluding carboxylic acids is 1. The molecule has 0 aromatic heterocycles. The minimum Gasteiger partial charge on any atom is -0.481 e. The Kier molecular flexibility index (Phi) is 4.59. The first-order valence-electron chi connectivity index (χ1n) is 6.43. The van der Waals surface area contributed by atoms with Gasteiger partial charge in [-0.2, -0.15) is 5.26 Å². The molecule has 6 heteroatoms. The zero-order valence-electron chi connectivity index (χ0n) is 11.7. The quantitative estimate of drug-likeness (QED) is 0.920. The van der Waals surface area contributed by atoms with Crippen LogP contribution in [0.5, 0.6) is 17.2 Å². The highest BCUT2D eigenvalue weighted by molar-refractivity contribution is 5.78. The molecule has 2 rings (SSSR count). The van der Waals surface area contributed by atoms with Crippen LogP contribution in [0.3, 0.4) is 0 Å². The monoisotopic (exact) mass is 300 g/mol. The summed E-state index contributed by atoms with van der Waals surface area (Å²) in [5, 5.41) is 8.94. The van der Waals surface area contributed by atoms with E-state index in [-0.39, 0.29) is 11.3 Å². The lowest BCUT2D eigenvalue weighted by Gasteiger charge is -2.12. The number of rotatable bonds is 5. The van der Waals surface area contributed by atoms with Gasteiger partial charge in [-0.1, -0.05) is 6.07 Å². The number of ether oxygens (including phenoxy) is 2. The molecule has 0 spiro atoms. The number of amides is 1. The molecule has 0 unspecified atom stereocenters. The number of carbonyl (C=O) groups is 1. The van der Waals surface area contributed by atoms with Crippen molar-refractivity contribution in [3.05, 3.63) is 53.8 Å². The van der Waals surface area contributed by atoms with Crippen molar-refractivity contribution in [2.24, 2.45) is 5.73 Å². The molecule has 0 aliphatic rings. The maximum Gasteiger partial charge on any atom is 0.258 e. The summed E-state index contributed by atoms with van der Waals surface area (Å²) in [6.45, 7) is 1.54. The van der Waals surface area contributed by atoms with Crippen molar-refractivity contribution < 1.29 is 18.7 Å². The summed E-state index contributed by atoms with van der Waals surface area (Å²) < 4.78 is 24.3. The molecule has 0 radical (unpaired) electrons. The highest BCUT2D eigenvalue weighted by Crippen LogP contribution is 2.28. The van der Waals surface area contributed by atoms with Gasteiger partial charge in [-0.3, -0.25) is 4.79 Å². The molecular weight excluding hydrogens is 287 g/mol. The predicted octanol–water partition coefficient (Wildman–Crippen LogP) is 2.74. The molecule has 0 saturated carbocycles. The molecule has 0 aliphatic carbocycles. The first-order valence-corrected chi connectivity index (χ1v) is 6.43. The van der Waals surface area contributed by atoms with Crippen LogP contribution in [-0.2, 0) is 4.79 Å². The Bertz CT molecular complexity index is 723. The second kappa shape index (κ2) is 6.59. The first kappa shape index (κ1) is 15.3. The fourth-order valence-corrected chi connectivity index (χ4v) is 1.67. The third-order valence-corrected chi connectivity index (χ3v) is 2.85. The molecule has 1 atom stereocenters. The van der Waals surface area contributed by atoms with E-state index in [1.807, 2.05) is 0 Å². The van der Waals surface area contributed by atoms with Crippen molar-refractivity contribution in [2.75, 3.05) is 0 Å². The van der Waals surface area contributed by atoms with E-state index in [2.05, 4.69) is 0 Å². The summed E-state index contributed by atoms with van der Waals surface area (Å²) in [4.78, 5) is 10.9. The van der Waals surface area contributed by atoms with Crippen molar-refractivity contribution in [2.45, 2.75) is 13.0 Å². The van der Waals surface area contributed by atoms with Gasteiger partial charge in [-0.05, 0) is 43.3 Å². The van der Waals surface area contributed by atoms with Crippen LogP contribution in [0.4, 0.5) is 4.39 Å². The van der Waals surface area contributed by atoms with E-state index in [9.17, 15) is 9.18 Å². The highest BCUT2D eigenvalue weighted by atomic mass is 19.1. The molecule has 0 bridgehead atoms. The molecule has 2 N–H and O–H groups in total. The zero-order valence-corrected chi connectivity index (χ0v) is 11.7. The standard InChI is InChI=1S/C16H13FN2O3/c1-10(16(19)20)21-11-5-7-12(8-6-11)22-15-4-2-3-14(17)13(15)9-18/h2-8,10H,1H3,(H2,19,20)/t10-/m1/s1. The number of nitrogens with two attached hydrogens (primary N) is 1. The van der Waals surface area contributed by atoms with Crippen molar-refractivity contribution in [3.8, 4) is 23.3 Å². The first-order chi connectivity index (χ1) is 10.5. The average Bonchev–Trinajstić information content (AvgIpc) is 2.49. The van der Waals surface area contributed by atoms with Crippen molar-refractivity contribution >= 4 is 5.91 Å². The van der Waals surface area contributed by atoms with E-state index >= 15 is 0 Å². The largest absolute Gasteiger partial charge is 0.481 e. The van der Waals surface area contributed by atoms with Crippen LogP contribution in [-0.4, -0.2) is 12.0 Å². The SMILES string of the molecule is C[C@@H](Oc1ccc(Oc2cccc(F)c2C#N)cc1)C(N)=O. The number of hydrogen-bond acceptors (Lipinski definition) is 4. The van der Waals surface area contributed by atoms with Crippen molar-refractivity contribution in [1.29, 1.82) is 5.26 Å². The van der Waals surface area contributed by atoms with Crippen LogP contribution in [0, 0.1) is 17.1 Å². The van der Waals surface area contributed by atoms with Crippen LogP contribution in [0.25, 0.3) is 0 Å². The molecule has 2 aromatic rings. The molecule has 0 fully saturated rings. The zero-order chi connectivity index (χ0) is 16.1. The summed E-state index contributed by atoms with van der Waals surface area (Å²) in [6, 6.07) is 12.2. The van der Waals surface area contributed by atoms with Crippen LogP contribution >= 0.6 is 0 Å². The van der Waals surface area contributed by atoms with Gasteiger partial charge in [0.15, 0.2) is 6.10 Å². The summed E-state index contributed by atoms with van der Waals surface area (Å²) in [6.07, 6.45) is -0.750. The van der Waals surface area contributed by atoms with E-state index in [0.29, 0.717) is 11.5 Å². The lowest BCUT2D eigenvalue weighted by Crippen LogP contribution is -2.30. The summed E-state index contributed by atoms with van der Waals surface area (Å²) >= 11 is 0. The van der Waals surface area contributed by atoms with Crippen molar-refractivity contribution in [3.63, 3.8) is 0 Å². The number of nitriles is 1. The summed E-state index contributed by atoms with van der Waals surface area (Å²) in [5.74, 6) is -0.241. The average molecular weight is 300 g/mol. The Hall–Kier alpha value is -3.07. The summed E-state index contributed by atoms with van der Waals surface area (Å²) in [5.41, 5.74) is 4.95. The second-order valence-corrected chi connectivity index (χ2v) is 4.46. The van der Waals surface area contributed by atoms with Crippen LogP contribution in [0.15, 0.2) is 42.5 Å². The lowest BCUT2D eigenvalue weighted by molar-refractivity contribution is -0.123. The summed E-state index contributed by atoms with van der Waals surface area (Å²) in [7, 11) is 0. The minimum atomic E-state index is -0.750. The van der Waals surface area contributed by atoms with Gasteiger partial charge in [0.1, 0.15) is 34.7 Å². The third kappa shape index (κ3) is 3.52. The number of nitrogens with zero attached hydrogens (tertiary/aromatic N) is 1. The number of hydrogen-bond donors (Lipinski definition) is 1. The Morgan fingerprint density at radius 2 is 1.86 bits per heavy atom. The van der Waals surface area contributed by atoms with Gasteiger partial charge in [0, 0.05) is 0 Å². The smallest absolute Gasteiger partial charge is 0.258 e. The maximum absolute atomic E-state index is 13.5. The molecular formula is C16H13FN2O3. The number of primary amides is 1. The van der Waals surface area contributed by atoms with E-state index in [1.54, 1.807) is 37.3 Å². The van der Waals surface area contributed by atoms with Gasteiger partial charge in [-0.25, -0.2) is 4.39 Å². The Morgan fingerprint density at radius 1 is 1.23 bits per heavy atom. The predicted molar refractivity (Wildman–Crippen MR) is 76.9 cm³/mol. The molecule has 0 aliphatic heterocycles. The van der Waals surface area contributed by atoms with Crippen LogP contribution in [0.1, 0.15) is 12.5 Å². The van der Waals surface area contributed by atoms with Gasteiger partial charge >= 0.3 is 0 Å². The van der Waals surface area contributed by atoms with Crippen molar-refractivity contribution in [1.82, 2.24) is 0 Å². The molecule has 0 saturated heterocycles. The maximum atomic E-state index is 13.5. The molecule has 2 aromatic carbocycles. The fraction of sp³-hybridized carbons (Fsp3) is 0.125. The number of halogens is 1. The Morgan fingerprint density at radius 3 is 2.45 bits per heavy atom. The van der Waals surface area contributed by atoms with Gasteiger partial charge in [0.2, 0.25) is 0 Å². The lowest BCUT2D eigenvalue weighted by atomic mass is 10.2. The van der Waals surface area contributed by atoms with Gasteiger partial charge < -0.3 is 15.2 Å². The second-order valence-electron chi connectivity index (χ2n) is 4.46. The van der Waals surface area contributed by atoms with Gasteiger partial charge in [0.25, 0.3) is 5.91 Å². The van der Waals surface area contributed by atoms with E-state index in [4.69, 9.17) is 20.5 Å². The molecule has 1 amide bonds. The van der Waals surface area contributed by atoms with E-state index < -0.39 is 17.8 Å². The molecule has 22 heavy (non-hydrogen) atoms. The molecule has 0 heterocycles. The van der Waals surface area contributed by atoms with Crippen LogP contribution < -0.4 is 15.2 Å². The Balaban J connectivity index is 2.14. The van der Waals surface area contributed by atoms with E-state index in [0.717, 1.165) is 0 Å². The normalized spacial score (nSPS) is 11.3. The number of benzene rings is 2. The fourth-order valence-electron chi connectivity index (χ4n) is 1.67. The van der Waals surface area contributed by atoms with Gasteiger partial charge in [-0.15, -0.1) is 0 Å². The molecule has 112 valence electrons. The Labute approximate surface area is 126 Å². The van der Waals surface area contributed by atoms with Gasteiger partial charge in [0.05, 0.1) is 0 Å². The minimum absolute atomic E-state index is 0.127.